The Morgan fingerprint density at radius 1 is 1.56 bits per heavy atom. The number of nitrogens with one attached hydrogen (secondary N) is 1. The minimum Gasteiger partial charge on any atom is -0.469 e. The fourth-order valence-corrected chi connectivity index (χ4v) is 2.27. The van der Waals surface area contributed by atoms with Crippen molar-refractivity contribution in [1.82, 2.24) is 10.2 Å². The van der Waals surface area contributed by atoms with E-state index in [-0.39, 0.29) is 5.97 Å². The van der Waals surface area contributed by atoms with Crippen LogP contribution in [-0.2, 0) is 9.53 Å². The standard InChI is InChI=1S/C12H24N2O2/c1-3-14(9-5-7-12(15)16-2)11-6-4-8-13-10-11/h11,13H,3-10H2,1-2H3. The summed E-state index contributed by atoms with van der Waals surface area (Å²) in [6, 6.07) is 0.649. The number of nitrogens with zero attached hydrogens (tertiary/aromatic N) is 1. The van der Waals surface area contributed by atoms with Crippen LogP contribution in [0.15, 0.2) is 0 Å². The smallest absolute Gasteiger partial charge is 0.305 e. The summed E-state index contributed by atoms with van der Waals surface area (Å²) in [5, 5.41) is 3.43. The second kappa shape index (κ2) is 7.63. The average molecular weight is 228 g/mol. The van der Waals surface area contributed by atoms with Crippen LogP contribution < -0.4 is 5.32 Å². The maximum Gasteiger partial charge on any atom is 0.305 e. The van der Waals surface area contributed by atoms with Gasteiger partial charge in [-0.25, -0.2) is 0 Å². The Bertz CT molecular complexity index is 203. The number of methoxy groups -OCH3 is 1. The molecule has 0 radical (unpaired) electrons. The molecule has 1 unspecified atom stereocenters. The molecule has 0 aromatic carbocycles. The zero-order chi connectivity index (χ0) is 11.8. The van der Waals surface area contributed by atoms with Crippen molar-refractivity contribution in [2.45, 2.75) is 38.6 Å². The first-order valence-corrected chi connectivity index (χ1v) is 6.29. The zero-order valence-corrected chi connectivity index (χ0v) is 10.5. The fourth-order valence-electron chi connectivity index (χ4n) is 2.27. The summed E-state index contributed by atoms with van der Waals surface area (Å²) in [4.78, 5) is 13.5. The highest BCUT2D eigenvalue weighted by molar-refractivity contribution is 5.69. The minimum atomic E-state index is -0.0992. The first-order chi connectivity index (χ1) is 7.77. The molecule has 0 bridgehead atoms. The van der Waals surface area contributed by atoms with E-state index in [9.17, 15) is 4.79 Å². The van der Waals surface area contributed by atoms with Gasteiger partial charge in [-0.3, -0.25) is 9.69 Å². The molecule has 1 heterocycles. The van der Waals surface area contributed by atoms with Crippen LogP contribution in [-0.4, -0.2) is 50.2 Å². The van der Waals surface area contributed by atoms with Gasteiger partial charge < -0.3 is 10.1 Å². The largest absolute Gasteiger partial charge is 0.469 e. The van der Waals surface area contributed by atoms with Gasteiger partial charge in [-0.05, 0) is 38.9 Å². The lowest BCUT2D eigenvalue weighted by atomic mass is 10.1. The molecule has 1 atom stereocenters. The first kappa shape index (κ1) is 13.5. The Balaban J connectivity index is 2.22. The molecule has 1 aliphatic rings. The molecule has 1 rings (SSSR count). The van der Waals surface area contributed by atoms with Gasteiger partial charge in [0.25, 0.3) is 0 Å². The Hall–Kier alpha value is -0.610. The molecule has 1 N–H and O–H groups in total. The summed E-state index contributed by atoms with van der Waals surface area (Å²) in [7, 11) is 1.45. The van der Waals surface area contributed by atoms with Gasteiger partial charge in [0.05, 0.1) is 7.11 Å². The fraction of sp³-hybridized carbons (Fsp3) is 0.917. The highest BCUT2D eigenvalue weighted by Gasteiger charge is 2.19. The van der Waals surface area contributed by atoms with Gasteiger partial charge in [0, 0.05) is 19.0 Å². The zero-order valence-electron chi connectivity index (χ0n) is 10.5. The Morgan fingerprint density at radius 3 is 2.94 bits per heavy atom. The van der Waals surface area contributed by atoms with E-state index in [1.54, 1.807) is 0 Å². The average Bonchev–Trinajstić information content (AvgIpc) is 2.35. The summed E-state index contributed by atoms with van der Waals surface area (Å²) >= 11 is 0. The molecule has 0 aromatic heterocycles. The molecule has 4 nitrogen and oxygen atoms in total. The SMILES string of the molecule is CCN(CCCC(=O)OC)C1CCCNC1. The van der Waals surface area contributed by atoms with E-state index in [0.717, 1.165) is 32.6 Å². The highest BCUT2D eigenvalue weighted by Crippen LogP contribution is 2.11. The second-order valence-corrected chi connectivity index (χ2v) is 4.31. The lowest BCUT2D eigenvalue weighted by Gasteiger charge is -2.33. The van der Waals surface area contributed by atoms with Crippen molar-refractivity contribution in [2.75, 3.05) is 33.3 Å². The van der Waals surface area contributed by atoms with Crippen molar-refractivity contribution >= 4 is 5.97 Å². The van der Waals surface area contributed by atoms with Crippen LogP contribution in [0, 0.1) is 0 Å². The predicted octanol–water partition coefficient (Wildman–Crippen LogP) is 1.01. The van der Waals surface area contributed by atoms with E-state index < -0.39 is 0 Å². The third-order valence-electron chi connectivity index (χ3n) is 3.25. The molecule has 1 fully saturated rings. The number of hydrogen-bond acceptors (Lipinski definition) is 4. The van der Waals surface area contributed by atoms with Gasteiger partial charge in [0.15, 0.2) is 0 Å². The summed E-state index contributed by atoms with van der Waals surface area (Å²) in [5.74, 6) is -0.0992. The Morgan fingerprint density at radius 2 is 2.38 bits per heavy atom. The van der Waals surface area contributed by atoms with Gasteiger partial charge in [-0.1, -0.05) is 6.92 Å². The molecule has 16 heavy (non-hydrogen) atoms. The van der Waals surface area contributed by atoms with Crippen molar-refractivity contribution in [2.24, 2.45) is 0 Å². The van der Waals surface area contributed by atoms with Crippen LogP contribution in [0.1, 0.15) is 32.6 Å². The van der Waals surface area contributed by atoms with Gasteiger partial charge >= 0.3 is 5.97 Å². The third kappa shape index (κ3) is 4.49. The summed E-state index contributed by atoms with van der Waals surface area (Å²) in [6.07, 6.45) is 3.97. The monoisotopic (exact) mass is 228 g/mol. The number of rotatable bonds is 6. The molecule has 0 amide bonds. The molecule has 1 aliphatic heterocycles. The lowest BCUT2D eigenvalue weighted by molar-refractivity contribution is -0.140. The quantitative estimate of drug-likeness (QED) is 0.689. The van der Waals surface area contributed by atoms with E-state index in [2.05, 4.69) is 21.9 Å². The molecule has 1 saturated heterocycles. The number of carbonyl (C=O) groups is 1. The van der Waals surface area contributed by atoms with Crippen molar-refractivity contribution in [3.05, 3.63) is 0 Å². The van der Waals surface area contributed by atoms with Crippen LogP contribution in [0.4, 0.5) is 0 Å². The molecular weight excluding hydrogens is 204 g/mol. The molecule has 0 aromatic rings. The van der Waals surface area contributed by atoms with Crippen LogP contribution in [0.25, 0.3) is 0 Å². The minimum absolute atomic E-state index is 0.0992. The number of carbonyl (C=O) groups excluding carboxylic acids is 1. The maximum absolute atomic E-state index is 11.0. The normalized spacial score (nSPS) is 21.1. The van der Waals surface area contributed by atoms with Crippen molar-refractivity contribution in [1.29, 1.82) is 0 Å². The van der Waals surface area contributed by atoms with E-state index in [1.165, 1.54) is 20.0 Å². The van der Waals surface area contributed by atoms with E-state index in [1.807, 2.05) is 0 Å². The van der Waals surface area contributed by atoms with Crippen molar-refractivity contribution in [3.63, 3.8) is 0 Å². The highest BCUT2D eigenvalue weighted by atomic mass is 16.5. The number of esters is 1. The molecule has 0 aliphatic carbocycles. The molecule has 94 valence electrons. The molecule has 0 saturated carbocycles. The van der Waals surface area contributed by atoms with Gasteiger partial charge in [-0.15, -0.1) is 0 Å². The maximum atomic E-state index is 11.0. The van der Waals surface area contributed by atoms with Crippen LogP contribution in [0.2, 0.25) is 0 Å². The summed E-state index contributed by atoms with van der Waals surface area (Å²) in [5.41, 5.74) is 0. The third-order valence-corrected chi connectivity index (χ3v) is 3.25. The molecule has 0 spiro atoms. The molecular formula is C12H24N2O2. The second-order valence-electron chi connectivity index (χ2n) is 4.31. The summed E-state index contributed by atoms with van der Waals surface area (Å²) < 4.78 is 4.64. The van der Waals surface area contributed by atoms with E-state index in [0.29, 0.717) is 12.5 Å². The van der Waals surface area contributed by atoms with Gasteiger partial charge in [0.2, 0.25) is 0 Å². The number of piperidine rings is 1. The van der Waals surface area contributed by atoms with Crippen LogP contribution in [0.5, 0.6) is 0 Å². The van der Waals surface area contributed by atoms with E-state index >= 15 is 0 Å². The van der Waals surface area contributed by atoms with E-state index in [4.69, 9.17) is 0 Å². The van der Waals surface area contributed by atoms with Crippen molar-refractivity contribution < 1.29 is 9.53 Å². The van der Waals surface area contributed by atoms with Gasteiger partial charge in [0.1, 0.15) is 0 Å². The Labute approximate surface area is 98.3 Å². The number of ether oxygens (including phenoxy) is 1. The number of likely N-dealkylation sites (N-methyl/N-ethyl adjacent to an activating group) is 1. The lowest BCUT2D eigenvalue weighted by Crippen LogP contribution is -2.46. The van der Waals surface area contributed by atoms with Crippen molar-refractivity contribution in [3.8, 4) is 0 Å². The first-order valence-electron chi connectivity index (χ1n) is 6.29. The van der Waals surface area contributed by atoms with Crippen LogP contribution in [0.3, 0.4) is 0 Å². The van der Waals surface area contributed by atoms with Crippen LogP contribution >= 0.6 is 0 Å². The molecule has 4 heteroatoms. The Kier molecular flexibility index (Phi) is 6.42. The number of hydrogen-bond donors (Lipinski definition) is 1. The summed E-state index contributed by atoms with van der Waals surface area (Å²) in [6.45, 7) is 6.49. The topological polar surface area (TPSA) is 41.6 Å². The van der Waals surface area contributed by atoms with Gasteiger partial charge in [-0.2, -0.15) is 0 Å². The predicted molar refractivity (Wildman–Crippen MR) is 64.4 cm³/mol.